The van der Waals surface area contributed by atoms with Crippen molar-refractivity contribution in [3.8, 4) is 0 Å². The lowest BCUT2D eigenvalue weighted by atomic mass is 9.65. The number of amides is 2. The molecule has 0 saturated carbocycles. The number of hydrogen-bond acceptors (Lipinski definition) is 6. The molecule has 1 spiro atoms. The van der Waals surface area contributed by atoms with Crippen molar-refractivity contribution in [2.75, 3.05) is 31.2 Å². The van der Waals surface area contributed by atoms with Crippen molar-refractivity contribution in [1.29, 1.82) is 0 Å². The normalized spacial score (nSPS) is 29.3. The number of rotatable bonds is 12. The highest BCUT2D eigenvalue weighted by atomic mass is 16.6. The quantitative estimate of drug-likeness (QED) is 0.256. The molecule has 4 rings (SSSR count). The topological polar surface area (TPSA) is 96.4 Å². The predicted molar refractivity (Wildman–Crippen MR) is 144 cm³/mol. The van der Waals surface area contributed by atoms with E-state index in [1.165, 1.54) is 4.90 Å². The highest BCUT2D eigenvalue weighted by molar-refractivity contribution is 6.05. The molecule has 38 heavy (non-hydrogen) atoms. The summed E-state index contributed by atoms with van der Waals surface area (Å²) in [5.74, 6) is -2.72. The van der Waals surface area contributed by atoms with Gasteiger partial charge in [0.15, 0.2) is 0 Å². The molecule has 1 N–H and O–H groups in total. The second-order valence-electron chi connectivity index (χ2n) is 10.7. The van der Waals surface area contributed by atoms with Crippen molar-refractivity contribution >= 4 is 23.5 Å². The number of hydrogen-bond donors (Lipinski definition) is 1. The molecule has 0 aliphatic carbocycles. The number of aryl methyl sites for hydroxylation is 2. The Bertz CT molecular complexity index is 1120. The van der Waals surface area contributed by atoms with E-state index >= 15 is 0 Å². The van der Waals surface area contributed by atoms with E-state index in [0.29, 0.717) is 25.7 Å². The molecule has 1 aromatic carbocycles. The number of likely N-dealkylation sites (tertiary alicyclic amines) is 1. The smallest absolute Gasteiger partial charge is 0.312 e. The van der Waals surface area contributed by atoms with Crippen molar-refractivity contribution < 1.29 is 29.0 Å². The van der Waals surface area contributed by atoms with Gasteiger partial charge in [0, 0.05) is 18.8 Å². The Kier molecular flexibility index (Phi) is 8.14. The van der Waals surface area contributed by atoms with E-state index in [9.17, 15) is 19.5 Å². The molecular formula is C30H40N2O6. The number of ether oxygens (including phenoxy) is 2. The van der Waals surface area contributed by atoms with Crippen molar-refractivity contribution in [3.63, 3.8) is 0 Å². The van der Waals surface area contributed by atoms with Gasteiger partial charge in [0.2, 0.25) is 5.91 Å². The van der Waals surface area contributed by atoms with Gasteiger partial charge in [-0.2, -0.15) is 0 Å². The van der Waals surface area contributed by atoms with Gasteiger partial charge in [-0.1, -0.05) is 31.2 Å². The third-order valence-electron chi connectivity index (χ3n) is 8.54. The largest absolute Gasteiger partial charge is 0.465 e. The number of unbranched alkanes of at least 4 members (excludes halogenated alkanes) is 1. The van der Waals surface area contributed by atoms with Crippen molar-refractivity contribution in [3.05, 3.63) is 54.6 Å². The minimum atomic E-state index is -1.17. The maximum Gasteiger partial charge on any atom is 0.312 e. The zero-order chi connectivity index (χ0) is 27.7. The third-order valence-corrected chi connectivity index (χ3v) is 8.54. The number of esters is 1. The van der Waals surface area contributed by atoms with E-state index in [0.717, 1.165) is 23.2 Å². The van der Waals surface area contributed by atoms with Gasteiger partial charge in [-0.3, -0.25) is 14.4 Å². The van der Waals surface area contributed by atoms with Gasteiger partial charge >= 0.3 is 5.97 Å². The first-order valence-electron chi connectivity index (χ1n) is 13.6. The number of benzene rings is 1. The summed E-state index contributed by atoms with van der Waals surface area (Å²) in [4.78, 5) is 45.0. The van der Waals surface area contributed by atoms with Crippen LogP contribution in [0.2, 0.25) is 0 Å². The minimum Gasteiger partial charge on any atom is -0.465 e. The fraction of sp³-hybridized carbons (Fsp3) is 0.567. The van der Waals surface area contributed by atoms with Crippen LogP contribution < -0.4 is 4.90 Å². The van der Waals surface area contributed by atoms with Gasteiger partial charge in [-0.05, 0) is 63.1 Å². The summed E-state index contributed by atoms with van der Waals surface area (Å²) < 4.78 is 12.4. The van der Waals surface area contributed by atoms with Crippen LogP contribution in [0.1, 0.15) is 50.2 Å². The number of carbonyl (C=O) groups excluding carboxylic acids is 3. The Morgan fingerprint density at radius 2 is 2.03 bits per heavy atom. The van der Waals surface area contributed by atoms with E-state index in [1.807, 2.05) is 39.0 Å². The molecular weight excluding hydrogens is 484 g/mol. The van der Waals surface area contributed by atoms with Crippen molar-refractivity contribution in [2.45, 2.75) is 70.1 Å². The Morgan fingerprint density at radius 3 is 2.68 bits per heavy atom. The molecule has 3 saturated heterocycles. The van der Waals surface area contributed by atoms with E-state index in [1.54, 1.807) is 17.1 Å². The molecule has 3 aliphatic rings. The van der Waals surface area contributed by atoms with E-state index in [-0.39, 0.29) is 38.1 Å². The van der Waals surface area contributed by atoms with Crippen LogP contribution in [-0.4, -0.2) is 71.3 Å². The first-order chi connectivity index (χ1) is 18.2. The molecule has 0 aromatic heterocycles. The summed E-state index contributed by atoms with van der Waals surface area (Å²) in [6.45, 7) is 13.6. The Balaban J connectivity index is 1.76. The lowest BCUT2D eigenvalue weighted by Gasteiger charge is -2.37. The van der Waals surface area contributed by atoms with Crippen LogP contribution >= 0.6 is 0 Å². The van der Waals surface area contributed by atoms with Gasteiger partial charge in [-0.25, -0.2) is 0 Å². The second-order valence-corrected chi connectivity index (χ2v) is 10.7. The first kappa shape index (κ1) is 28.0. The summed E-state index contributed by atoms with van der Waals surface area (Å²) in [5.41, 5.74) is 0.631. The SMILES string of the molecule is C=CCCCOC(=O)[C@@H]1[C@H]2C(=O)N(CCO)C(C(=O)N(CC=C)c3cc(C)ccc3C)C23CC[C@@]1(CC)O3. The first-order valence-corrected chi connectivity index (χ1v) is 13.6. The predicted octanol–water partition coefficient (Wildman–Crippen LogP) is 3.48. The Hall–Kier alpha value is -2.97. The lowest BCUT2D eigenvalue weighted by Crippen LogP contribution is -2.57. The molecule has 3 aliphatic heterocycles. The summed E-state index contributed by atoms with van der Waals surface area (Å²) >= 11 is 0. The number of fused-ring (bicyclic) bond motifs is 1. The van der Waals surface area contributed by atoms with E-state index in [4.69, 9.17) is 9.47 Å². The molecule has 2 amide bonds. The number of allylic oxidation sites excluding steroid dienone is 1. The van der Waals surface area contributed by atoms with Crippen LogP contribution in [0.4, 0.5) is 5.69 Å². The van der Waals surface area contributed by atoms with E-state index in [2.05, 4.69) is 13.2 Å². The summed E-state index contributed by atoms with van der Waals surface area (Å²) in [7, 11) is 0. The molecule has 0 radical (unpaired) electrons. The Labute approximate surface area is 225 Å². The molecule has 5 atom stereocenters. The number of carbonyl (C=O) groups is 3. The number of β-amino-alcohol motifs (C(OH)–C–C–N with tert-alkyl or cyclic N) is 1. The zero-order valence-electron chi connectivity index (χ0n) is 22.8. The number of aliphatic hydroxyl groups excluding tert-OH is 1. The molecule has 206 valence electrons. The molecule has 3 fully saturated rings. The maximum atomic E-state index is 14.5. The van der Waals surface area contributed by atoms with Gasteiger partial charge in [-0.15, -0.1) is 13.2 Å². The second kappa shape index (κ2) is 11.0. The molecule has 8 nitrogen and oxygen atoms in total. The average Bonchev–Trinajstić information content (AvgIpc) is 3.50. The van der Waals surface area contributed by atoms with Crippen LogP contribution in [0.5, 0.6) is 0 Å². The maximum absolute atomic E-state index is 14.5. The van der Waals surface area contributed by atoms with E-state index < -0.39 is 35.0 Å². The van der Waals surface area contributed by atoms with Crippen molar-refractivity contribution in [1.82, 2.24) is 4.90 Å². The highest BCUT2D eigenvalue weighted by Gasteiger charge is 2.79. The third kappa shape index (κ3) is 4.37. The van der Waals surface area contributed by atoms with Gasteiger partial charge in [0.1, 0.15) is 17.6 Å². The number of nitrogens with zero attached hydrogens (tertiary/aromatic N) is 2. The summed E-state index contributed by atoms with van der Waals surface area (Å²) in [5, 5.41) is 9.88. The highest BCUT2D eigenvalue weighted by Crippen LogP contribution is 2.64. The van der Waals surface area contributed by atoms with Gasteiger partial charge in [0.25, 0.3) is 5.91 Å². The fourth-order valence-electron chi connectivity index (χ4n) is 6.79. The van der Waals surface area contributed by atoms with Crippen LogP contribution in [0.15, 0.2) is 43.5 Å². The summed E-state index contributed by atoms with van der Waals surface area (Å²) in [6.07, 6.45) is 6.36. The number of anilines is 1. The zero-order valence-corrected chi connectivity index (χ0v) is 22.8. The lowest BCUT2D eigenvalue weighted by molar-refractivity contribution is -0.161. The standard InChI is InChI=1S/C30H40N2O6/c1-6-9-10-18-37-28(36)24-23-26(34)32(16-17-33)25(30(23)14-13-29(24,8-3)38-30)27(35)31(15-7-2)22-19-20(4)11-12-21(22)5/h6-7,11-12,19,23-25,33H,1-2,8-10,13-18H2,3-5H3/t23-,24-,25?,29+,30?/m0/s1. The number of aliphatic hydroxyl groups is 1. The average molecular weight is 525 g/mol. The fourth-order valence-corrected chi connectivity index (χ4v) is 6.79. The molecule has 2 bridgehead atoms. The van der Waals surface area contributed by atoms with Crippen LogP contribution in [-0.2, 0) is 23.9 Å². The minimum absolute atomic E-state index is 0.0220. The Morgan fingerprint density at radius 1 is 1.26 bits per heavy atom. The van der Waals surface area contributed by atoms with Crippen molar-refractivity contribution in [2.24, 2.45) is 11.8 Å². The molecule has 8 heteroatoms. The molecule has 2 unspecified atom stereocenters. The van der Waals surface area contributed by atoms with Crippen LogP contribution in [0.25, 0.3) is 0 Å². The van der Waals surface area contributed by atoms with Crippen LogP contribution in [0.3, 0.4) is 0 Å². The summed E-state index contributed by atoms with van der Waals surface area (Å²) in [6, 6.07) is 4.92. The molecule has 3 heterocycles. The van der Waals surface area contributed by atoms with Gasteiger partial charge < -0.3 is 24.4 Å². The monoisotopic (exact) mass is 524 g/mol. The van der Waals surface area contributed by atoms with Gasteiger partial charge in [0.05, 0.1) is 24.7 Å². The molecule has 1 aromatic rings. The van der Waals surface area contributed by atoms with Crippen LogP contribution in [0, 0.1) is 25.7 Å².